The molecule has 50 heavy (non-hydrogen) atoms. The minimum Gasteiger partial charge on any atom is -0.311 e. The SMILES string of the molecule is c1ccc(-c2ccc(N(c3ccccc3)c3ccc(C45c6ccccc6-c6ccc(-c7ccccc7)c(c64)-c4ccccc45)cc3)cc2)cc1. The van der Waals surface area contributed by atoms with E-state index < -0.39 is 5.41 Å². The van der Waals surface area contributed by atoms with Crippen LogP contribution in [0.4, 0.5) is 17.1 Å². The Labute approximate surface area is 293 Å². The van der Waals surface area contributed by atoms with Crippen LogP contribution in [0.2, 0.25) is 0 Å². The van der Waals surface area contributed by atoms with Gasteiger partial charge in [-0.3, -0.25) is 0 Å². The van der Waals surface area contributed by atoms with Crippen LogP contribution < -0.4 is 4.90 Å². The average Bonchev–Trinajstić information content (AvgIpc) is 3.68. The third kappa shape index (κ3) is 4.14. The van der Waals surface area contributed by atoms with Gasteiger partial charge in [0.05, 0.1) is 5.41 Å². The molecule has 8 aromatic carbocycles. The second-order valence-corrected chi connectivity index (χ2v) is 13.2. The fraction of sp³-hybridized carbons (Fsp3) is 0.0204. The van der Waals surface area contributed by atoms with Crippen LogP contribution in [0.25, 0.3) is 44.5 Å². The van der Waals surface area contributed by atoms with Crippen molar-refractivity contribution < 1.29 is 0 Å². The van der Waals surface area contributed by atoms with Crippen LogP contribution in [-0.4, -0.2) is 0 Å². The Bertz CT molecular complexity index is 2500. The highest BCUT2D eigenvalue weighted by Gasteiger charge is 2.53. The number of benzene rings is 8. The average molecular weight is 636 g/mol. The molecule has 2 aliphatic rings. The van der Waals surface area contributed by atoms with E-state index in [9.17, 15) is 0 Å². The third-order valence-electron chi connectivity index (χ3n) is 10.7. The molecule has 10 rings (SSSR count). The van der Waals surface area contributed by atoms with Crippen molar-refractivity contribution in [2.75, 3.05) is 4.90 Å². The van der Waals surface area contributed by atoms with Crippen LogP contribution in [0, 0.1) is 0 Å². The smallest absolute Gasteiger partial charge is 0.0725 e. The molecule has 1 unspecified atom stereocenters. The fourth-order valence-electron chi connectivity index (χ4n) is 8.62. The summed E-state index contributed by atoms with van der Waals surface area (Å²) in [7, 11) is 0. The first-order chi connectivity index (χ1) is 24.8. The van der Waals surface area contributed by atoms with E-state index in [0.29, 0.717) is 0 Å². The summed E-state index contributed by atoms with van der Waals surface area (Å²) in [5.74, 6) is 0. The van der Waals surface area contributed by atoms with Crippen LogP contribution in [0.1, 0.15) is 22.3 Å². The largest absolute Gasteiger partial charge is 0.311 e. The third-order valence-corrected chi connectivity index (χ3v) is 10.7. The van der Waals surface area contributed by atoms with E-state index in [1.54, 1.807) is 0 Å². The molecule has 0 spiro atoms. The van der Waals surface area contributed by atoms with Gasteiger partial charge in [-0.15, -0.1) is 0 Å². The van der Waals surface area contributed by atoms with Gasteiger partial charge >= 0.3 is 0 Å². The number of hydrogen-bond donors (Lipinski definition) is 0. The van der Waals surface area contributed by atoms with Crippen molar-refractivity contribution >= 4 is 17.1 Å². The summed E-state index contributed by atoms with van der Waals surface area (Å²) in [6, 6.07) is 73.2. The van der Waals surface area contributed by atoms with E-state index >= 15 is 0 Å². The Morgan fingerprint density at radius 1 is 0.300 bits per heavy atom. The molecule has 0 aliphatic heterocycles. The zero-order valence-corrected chi connectivity index (χ0v) is 27.5. The van der Waals surface area contributed by atoms with Crippen molar-refractivity contribution in [3.8, 4) is 44.5 Å². The van der Waals surface area contributed by atoms with E-state index in [2.05, 4.69) is 205 Å². The normalized spacial score (nSPS) is 14.9. The molecular formula is C49H33N. The molecule has 0 heterocycles. The summed E-state index contributed by atoms with van der Waals surface area (Å²) >= 11 is 0. The molecule has 0 N–H and O–H groups in total. The number of anilines is 3. The van der Waals surface area contributed by atoms with Crippen LogP contribution in [0.5, 0.6) is 0 Å². The zero-order chi connectivity index (χ0) is 33.1. The zero-order valence-electron chi connectivity index (χ0n) is 27.5. The van der Waals surface area contributed by atoms with Crippen molar-refractivity contribution in [1.29, 1.82) is 0 Å². The van der Waals surface area contributed by atoms with Crippen molar-refractivity contribution in [1.82, 2.24) is 0 Å². The lowest BCUT2D eigenvalue weighted by Gasteiger charge is -2.32. The lowest BCUT2D eigenvalue weighted by Crippen LogP contribution is -2.26. The second kappa shape index (κ2) is 11.3. The molecule has 234 valence electrons. The molecular weight excluding hydrogens is 603 g/mol. The summed E-state index contributed by atoms with van der Waals surface area (Å²) in [6.45, 7) is 0. The number of para-hydroxylation sites is 1. The van der Waals surface area contributed by atoms with Crippen LogP contribution in [0.3, 0.4) is 0 Å². The van der Waals surface area contributed by atoms with Crippen LogP contribution in [-0.2, 0) is 5.41 Å². The van der Waals surface area contributed by atoms with Gasteiger partial charge in [0.15, 0.2) is 0 Å². The van der Waals surface area contributed by atoms with Gasteiger partial charge in [0.2, 0.25) is 0 Å². The standard InChI is InChI=1S/C49H33N/c1-4-14-34(15-5-1)35-24-28-39(29-25-35)50(38-18-8-3-9-19-38)40-30-26-37(27-31-40)49-45-22-12-10-20-42(45)43-33-32-41(36-16-6-2-7-17-36)47(48(43)49)44-21-11-13-23-46(44)49/h1-33H. The molecule has 0 aromatic heterocycles. The molecule has 1 heteroatoms. The highest BCUT2D eigenvalue weighted by Crippen LogP contribution is 2.65. The summed E-state index contributed by atoms with van der Waals surface area (Å²) < 4.78 is 0. The molecule has 0 fully saturated rings. The van der Waals surface area contributed by atoms with Gasteiger partial charge in [-0.25, -0.2) is 0 Å². The monoisotopic (exact) mass is 635 g/mol. The van der Waals surface area contributed by atoms with Crippen molar-refractivity contribution in [3.63, 3.8) is 0 Å². The maximum atomic E-state index is 2.37. The number of hydrogen-bond acceptors (Lipinski definition) is 1. The van der Waals surface area contributed by atoms with Gasteiger partial charge < -0.3 is 4.90 Å². The first-order valence-electron chi connectivity index (χ1n) is 17.4. The fourth-order valence-corrected chi connectivity index (χ4v) is 8.62. The van der Waals surface area contributed by atoms with Crippen molar-refractivity contribution in [2.45, 2.75) is 5.41 Å². The minimum atomic E-state index is -0.407. The number of nitrogens with zero attached hydrogens (tertiary/aromatic N) is 1. The molecule has 1 nitrogen and oxygen atoms in total. The molecule has 1 atom stereocenters. The molecule has 8 aromatic rings. The highest BCUT2D eigenvalue weighted by atomic mass is 15.1. The molecule has 0 radical (unpaired) electrons. The van der Waals surface area contributed by atoms with Crippen LogP contribution >= 0.6 is 0 Å². The lowest BCUT2D eigenvalue weighted by molar-refractivity contribution is 0.792. The highest BCUT2D eigenvalue weighted by molar-refractivity contribution is 6.04. The van der Waals surface area contributed by atoms with Crippen LogP contribution in [0.15, 0.2) is 200 Å². The maximum absolute atomic E-state index is 2.37. The molecule has 2 aliphatic carbocycles. The molecule has 0 saturated carbocycles. The van der Waals surface area contributed by atoms with Gasteiger partial charge in [-0.1, -0.05) is 164 Å². The Morgan fingerprint density at radius 3 is 1.42 bits per heavy atom. The van der Waals surface area contributed by atoms with E-state index in [-0.39, 0.29) is 0 Å². The number of rotatable bonds is 6. The topological polar surface area (TPSA) is 3.24 Å². The molecule has 0 amide bonds. The van der Waals surface area contributed by atoms with E-state index in [0.717, 1.165) is 17.1 Å². The van der Waals surface area contributed by atoms with E-state index in [1.807, 2.05) is 0 Å². The predicted molar refractivity (Wildman–Crippen MR) is 208 cm³/mol. The summed E-state index contributed by atoms with van der Waals surface area (Å²) in [5, 5.41) is 0. The first kappa shape index (κ1) is 28.6. The first-order valence-corrected chi connectivity index (χ1v) is 17.4. The summed E-state index contributed by atoms with van der Waals surface area (Å²) in [4.78, 5) is 2.36. The van der Waals surface area contributed by atoms with Crippen molar-refractivity contribution in [2.24, 2.45) is 0 Å². The van der Waals surface area contributed by atoms with Gasteiger partial charge in [-0.05, 0) is 103 Å². The van der Waals surface area contributed by atoms with Crippen molar-refractivity contribution in [3.05, 3.63) is 222 Å². The molecule has 0 bridgehead atoms. The lowest BCUT2D eigenvalue weighted by atomic mass is 9.70. The number of fused-ring (bicyclic) bond motifs is 6. The van der Waals surface area contributed by atoms with E-state index in [1.165, 1.54) is 66.8 Å². The molecule has 0 saturated heterocycles. The van der Waals surface area contributed by atoms with Gasteiger partial charge in [0.1, 0.15) is 0 Å². The Balaban J connectivity index is 1.16. The van der Waals surface area contributed by atoms with E-state index in [4.69, 9.17) is 0 Å². The predicted octanol–water partition coefficient (Wildman–Crippen LogP) is 12.8. The summed E-state index contributed by atoms with van der Waals surface area (Å²) in [5.41, 5.74) is 18.7. The Kier molecular flexibility index (Phi) is 6.47. The Morgan fingerprint density at radius 2 is 0.760 bits per heavy atom. The minimum absolute atomic E-state index is 0.407. The maximum Gasteiger partial charge on any atom is 0.0725 e. The second-order valence-electron chi connectivity index (χ2n) is 13.2. The Hall–Kier alpha value is -6.44. The van der Waals surface area contributed by atoms with Gasteiger partial charge in [0.25, 0.3) is 0 Å². The summed E-state index contributed by atoms with van der Waals surface area (Å²) in [6.07, 6.45) is 0. The van der Waals surface area contributed by atoms with Gasteiger partial charge in [-0.2, -0.15) is 0 Å². The van der Waals surface area contributed by atoms with Gasteiger partial charge in [0, 0.05) is 17.1 Å². The quantitative estimate of drug-likeness (QED) is 0.176.